The lowest BCUT2D eigenvalue weighted by atomic mass is 10.0. The van der Waals surface area contributed by atoms with Gasteiger partial charge in [-0.15, -0.1) is 0 Å². The summed E-state index contributed by atoms with van der Waals surface area (Å²) in [5.41, 5.74) is 8.78. The number of nitrogens with zero attached hydrogens (tertiary/aromatic N) is 4. The summed E-state index contributed by atoms with van der Waals surface area (Å²) >= 11 is 0. The van der Waals surface area contributed by atoms with Gasteiger partial charge in [-0.3, -0.25) is 19.3 Å². The molecule has 0 radical (unpaired) electrons. The van der Waals surface area contributed by atoms with Crippen LogP contribution in [0.1, 0.15) is 51.1 Å². The first kappa shape index (κ1) is 30.6. The number of alkyl halides is 3. The molecule has 1 aliphatic rings. The summed E-state index contributed by atoms with van der Waals surface area (Å²) in [6, 6.07) is 8.48. The predicted molar refractivity (Wildman–Crippen MR) is 155 cm³/mol. The molecule has 10 nitrogen and oxygen atoms in total. The van der Waals surface area contributed by atoms with Gasteiger partial charge >= 0.3 is 6.18 Å². The van der Waals surface area contributed by atoms with Gasteiger partial charge in [0.1, 0.15) is 0 Å². The summed E-state index contributed by atoms with van der Waals surface area (Å²) in [5, 5.41) is 11.0. The van der Waals surface area contributed by atoms with Crippen LogP contribution in [0.2, 0.25) is 0 Å². The molecule has 42 heavy (non-hydrogen) atoms. The lowest BCUT2D eigenvalue weighted by Crippen LogP contribution is -2.33. The van der Waals surface area contributed by atoms with Gasteiger partial charge in [0, 0.05) is 68.4 Å². The number of rotatable bonds is 10. The number of aromatic nitrogens is 2. The molecule has 2 heterocycles. The molecule has 1 fully saturated rings. The maximum Gasteiger partial charge on any atom is 0.416 e. The fraction of sp³-hybridized carbons (Fsp3) is 0.345. The van der Waals surface area contributed by atoms with Crippen LogP contribution in [-0.2, 0) is 24.6 Å². The fourth-order valence-corrected chi connectivity index (χ4v) is 4.75. The number of amides is 2. The Balaban J connectivity index is 1.46. The van der Waals surface area contributed by atoms with Crippen molar-refractivity contribution in [2.75, 3.05) is 30.0 Å². The molecule has 4 rings (SSSR count). The molecule has 1 aliphatic heterocycles. The predicted octanol–water partition coefficient (Wildman–Crippen LogP) is 3.66. The van der Waals surface area contributed by atoms with E-state index in [0.29, 0.717) is 43.0 Å². The molecule has 13 heteroatoms. The Morgan fingerprint density at radius 1 is 1.19 bits per heavy atom. The van der Waals surface area contributed by atoms with E-state index in [2.05, 4.69) is 15.7 Å². The number of hydrogen-bond acceptors (Lipinski definition) is 7. The average molecular weight is 585 g/mol. The smallest absolute Gasteiger partial charge is 0.397 e. The Bertz CT molecular complexity index is 1500. The summed E-state index contributed by atoms with van der Waals surface area (Å²) in [6.45, 7) is 5.13. The Hall–Kier alpha value is -4.36. The number of halogens is 3. The Morgan fingerprint density at radius 2 is 1.95 bits per heavy atom. The van der Waals surface area contributed by atoms with E-state index in [1.807, 2.05) is 13.8 Å². The number of benzene rings is 2. The van der Waals surface area contributed by atoms with Crippen molar-refractivity contribution >= 4 is 28.9 Å². The second-order valence-corrected chi connectivity index (χ2v) is 10.2. The number of nitrogens with two attached hydrogens (primary N) is 2. The number of carbonyl (C=O) groups excluding carboxylic acids is 2. The van der Waals surface area contributed by atoms with Crippen molar-refractivity contribution in [3.05, 3.63) is 82.3 Å². The SMILES string of the molecule is Cc1ccc(C(=O)Nc2ccc(CNCCN3CCCC3=O)c(C(F)(F)F)c2)cc1N(N)/C=C(\N)c1cnn(C)c1C. The van der Waals surface area contributed by atoms with E-state index in [1.54, 1.807) is 41.0 Å². The molecule has 0 unspecified atom stereocenters. The van der Waals surface area contributed by atoms with Gasteiger partial charge in [-0.05, 0) is 55.7 Å². The summed E-state index contributed by atoms with van der Waals surface area (Å²) in [7, 11) is 1.79. The maximum absolute atomic E-state index is 13.9. The molecule has 2 aromatic carbocycles. The second kappa shape index (κ2) is 12.7. The van der Waals surface area contributed by atoms with Crippen LogP contribution in [0.25, 0.3) is 5.70 Å². The van der Waals surface area contributed by atoms with Gasteiger partial charge in [0.25, 0.3) is 5.91 Å². The fourth-order valence-electron chi connectivity index (χ4n) is 4.75. The number of nitrogens with one attached hydrogen (secondary N) is 2. The third kappa shape index (κ3) is 7.09. The standard InChI is InChI=1S/C29H35F3N8O2/c1-18-6-7-20(13-26(18)40(34)17-25(33)23-16-36-38(3)19(23)2)28(42)37-22-9-8-21(24(14-22)29(30,31)32)15-35-10-12-39-11-4-5-27(39)41/h6-9,13-14,16-17,35H,4-5,10-12,15,33-34H2,1-3H3,(H,37,42)/b25-17-. The molecule has 0 saturated carbocycles. The first-order valence-corrected chi connectivity index (χ1v) is 13.5. The van der Waals surface area contributed by atoms with Gasteiger partial charge in [0.15, 0.2) is 0 Å². The van der Waals surface area contributed by atoms with Gasteiger partial charge < -0.3 is 21.3 Å². The Labute approximate surface area is 242 Å². The van der Waals surface area contributed by atoms with Crippen molar-refractivity contribution in [3.8, 4) is 0 Å². The van der Waals surface area contributed by atoms with Crippen molar-refractivity contribution in [3.63, 3.8) is 0 Å². The van der Waals surface area contributed by atoms with E-state index in [4.69, 9.17) is 11.6 Å². The Kier molecular flexibility index (Phi) is 9.22. The van der Waals surface area contributed by atoms with E-state index in [-0.39, 0.29) is 29.3 Å². The van der Waals surface area contributed by atoms with Crippen LogP contribution >= 0.6 is 0 Å². The summed E-state index contributed by atoms with van der Waals surface area (Å²) < 4.78 is 43.4. The van der Waals surface area contributed by atoms with Crippen LogP contribution in [0.4, 0.5) is 24.5 Å². The molecular weight excluding hydrogens is 549 g/mol. The molecule has 1 aromatic heterocycles. The molecule has 1 saturated heterocycles. The minimum absolute atomic E-state index is 0.00154. The van der Waals surface area contributed by atoms with Crippen LogP contribution < -0.4 is 27.2 Å². The molecule has 6 N–H and O–H groups in total. The Morgan fingerprint density at radius 3 is 2.60 bits per heavy atom. The van der Waals surface area contributed by atoms with E-state index in [0.717, 1.165) is 23.7 Å². The zero-order valence-electron chi connectivity index (χ0n) is 23.8. The lowest BCUT2D eigenvalue weighted by molar-refractivity contribution is -0.138. The molecule has 2 amide bonds. The third-order valence-electron chi connectivity index (χ3n) is 7.29. The molecule has 0 aliphatic carbocycles. The van der Waals surface area contributed by atoms with E-state index in [1.165, 1.54) is 23.3 Å². The van der Waals surface area contributed by atoms with E-state index < -0.39 is 17.6 Å². The van der Waals surface area contributed by atoms with Crippen LogP contribution in [-0.4, -0.2) is 46.1 Å². The van der Waals surface area contributed by atoms with Crippen LogP contribution in [0, 0.1) is 13.8 Å². The first-order chi connectivity index (χ1) is 19.8. The molecule has 0 spiro atoms. The minimum Gasteiger partial charge on any atom is -0.397 e. The van der Waals surface area contributed by atoms with Crippen LogP contribution in [0.5, 0.6) is 0 Å². The topological polar surface area (TPSA) is 135 Å². The van der Waals surface area contributed by atoms with E-state index >= 15 is 0 Å². The van der Waals surface area contributed by atoms with Crippen molar-refractivity contribution in [2.24, 2.45) is 18.6 Å². The highest BCUT2D eigenvalue weighted by Crippen LogP contribution is 2.34. The monoisotopic (exact) mass is 584 g/mol. The van der Waals surface area contributed by atoms with Crippen molar-refractivity contribution in [1.29, 1.82) is 0 Å². The summed E-state index contributed by atoms with van der Waals surface area (Å²) in [4.78, 5) is 26.5. The summed E-state index contributed by atoms with van der Waals surface area (Å²) in [6.07, 6.45) is -0.176. The number of carbonyl (C=O) groups is 2. The summed E-state index contributed by atoms with van der Waals surface area (Å²) in [5.74, 6) is 5.72. The highest BCUT2D eigenvalue weighted by molar-refractivity contribution is 6.05. The van der Waals surface area contributed by atoms with Crippen molar-refractivity contribution in [1.82, 2.24) is 20.0 Å². The zero-order chi connectivity index (χ0) is 30.6. The van der Waals surface area contributed by atoms with Crippen LogP contribution in [0.3, 0.4) is 0 Å². The molecule has 224 valence electrons. The molecule has 3 aromatic rings. The van der Waals surface area contributed by atoms with Gasteiger partial charge in [0.05, 0.1) is 23.1 Å². The normalized spacial score (nSPS) is 14.0. The van der Waals surface area contributed by atoms with Crippen LogP contribution in [0.15, 0.2) is 48.8 Å². The maximum atomic E-state index is 13.9. The van der Waals surface area contributed by atoms with E-state index in [9.17, 15) is 22.8 Å². The minimum atomic E-state index is -4.63. The van der Waals surface area contributed by atoms with Crippen molar-refractivity contribution < 1.29 is 22.8 Å². The zero-order valence-corrected chi connectivity index (χ0v) is 23.8. The highest BCUT2D eigenvalue weighted by Gasteiger charge is 2.33. The quantitative estimate of drug-likeness (QED) is 0.162. The number of likely N-dealkylation sites (tertiary alicyclic amines) is 1. The molecule has 0 bridgehead atoms. The average Bonchev–Trinajstić information content (AvgIpc) is 3.50. The van der Waals surface area contributed by atoms with Gasteiger partial charge in [-0.25, -0.2) is 5.84 Å². The number of hydrazine groups is 1. The second-order valence-electron chi connectivity index (χ2n) is 10.2. The number of anilines is 2. The lowest BCUT2D eigenvalue weighted by Gasteiger charge is -2.19. The third-order valence-corrected chi connectivity index (χ3v) is 7.29. The molecule has 0 atom stereocenters. The molecular formula is C29H35F3N8O2. The largest absolute Gasteiger partial charge is 0.416 e. The van der Waals surface area contributed by atoms with Gasteiger partial charge in [-0.2, -0.15) is 18.3 Å². The van der Waals surface area contributed by atoms with Gasteiger partial charge in [0.2, 0.25) is 5.91 Å². The highest BCUT2D eigenvalue weighted by atomic mass is 19.4. The number of hydrogen-bond donors (Lipinski definition) is 4. The number of aryl methyl sites for hydroxylation is 2. The first-order valence-electron chi connectivity index (χ1n) is 13.5. The van der Waals surface area contributed by atoms with Crippen molar-refractivity contribution in [2.45, 2.75) is 39.4 Å². The van der Waals surface area contributed by atoms with Gasteiger partial charge in [-0.1, -0.05) is 12.1 Å².